The van der Waals surface area contributed by atoms with Gasteiger partial charge in [-0.3, -0.25) is 14.5 Å². The molecule has 1 N–H and O–H groups in total. The highest BCUT2D eigenvalue weighted by atomic mass is 16.6. The van der Waals surface area contributed by atoms with Gasteiger partial charge in [-0.1, -0.05) is 44.9 Å². The number of carbonyl (C=O) groups excluding carboxylic acids is 1. The minimum Gasteiger partial charge on any atom is -0.483 e. The number of hydrogen-bond donors (Lipinski definition) is 1. The first-order valence-electron chi connectivity index (χ1n) is 11.3. The van der Waals surface area contributed by atoms with Crippen LogP contribution in [-0.4, -0.2) is 61.3 Å². The second kappa shape index (κ2) is 10.3. The number of piperazine rings is 1. The van der Waals surface area contributed by atoms with Gasteiger partial charge in [-0.05, 0) is 36.8 Å². The molecule has 1 aromatic rings. The smallest absolute Gasteiger partial charge is 0.312 e. The van der Waals surface area contributed by atoms with Crippen molar-refractivity contribution in [3.05, 3.63) is 29.8 Å². The molecule has 1 aliphatic carbocycles. The van der Waals surface area contributed by atoms with Crippen LogP contribution >= 0.6 is 0 Å². The number of esters is 1. The summed E-state index contributed by atoms with van der Waals surface area (Å²) in [6.07, 6.45) is 6.61. The predicted octanol–water partition coefficient (Wildman–Crippen LogP) is 3.90. The molecule has 0 bridgehead atoms. The number of carboxylic acid groups (broad SMARTS) is 1. The van der Waals surface area contributed by atoms with Crippen LogP contribution in [0.4, 0.5) is 5.69 Å². The van der Waals surface area contributed by atoms with E-state index in [1.165, 1.54) is 24.1 Å². The zero-order valence-corrected chi connectivity index (χ0v) is 18.4. The van der Waals surface area contributed by atoms with Crippen molar-refractivity contribution in [3.63, 3.8) is 0 Å². The second-order valence-corrected chi connectivity index (χ2v) is 9.16. The van der Waals surface area contributed by atoms with Gasteiger partial charge in [0.05, 0.1) is 5.41 Å². The van der Waals surface area contributed by atoms with Crippen LogP contribution in [0, 0.1) is 5.41 Å². The van der Waals surface area contributed by atoms with Gasteiger partial charge in [0.1, 0.15) is 6.10 Å². The molecule has 2 heterocycles. The van der Waals surface area contributed by atoms with E-state index >= 15 is 0 Å². The van der Waals surface area contributed by atoms with Crippen molar-refractivity contribution < 1.29 is 19.4 Å². The number of anilines is 1. The molecule has 1 spiro atoms. The zero-order chi connectivity index (χ0) is 21.6. The van der Waals surface area contributed by atoms with Crippen LogP contribution < -0.4 is 4.90 Å². The molecular formula is C24H36N2O4. The molecule has 2 saturated heterocycles. The summed E-state index contributed by atoms with van der Waals surface area (Å²) in [7, 11) is 0. The number of nitrogens with zero attached hydrogens (tertiary/aromatic N) is 2. The summed E-state index contributed by atoms with van der Waals surface area (Å²) in [4.78, 5) is 25.7. The lowest BCUT2D eigenvalue weighted by Crippen LogP contribution is -2.47. The molecule has 0 amide bonds. The monoisotopic (exact) mass is 416 g/mol. The van der Waals surface area contributed by atoms with Gasteiger partial charge in [-0.2, -0.15) is 0 Å². The summed E-state index contributed by atoms with van der Waals surface area (Å²) >= 11 is 0. The van der Waals surface area contributed by atoms with Crippen LogP contribution in [-0.2, 0) is 14.3 Å². The van der Waals surface area contributed by atoms with E-state index in [4.69, 9.17) is 14.6 Å². The summed E-state index contributed by atoms with van der Waals surface area (Å²) in [5, 5.41) is 6.89. The van der Waals surface area contributed by atoms with E-state index in [-0.39, 0.29) is 24.0 Å². The molecule has 0 aromatic heterocycles. The SMILES string of the molecule is CC(C)c1ccccc1N1CCN(CCC2CC3(CCCC3)C(=O)O2)CC1.O=CO. The molecule has 0 radical (unpaired) electrons. The third-order valence-electron chi connectivity index (χ3n) is 6.92. The van der Waals surface area contributed by atoms with E-state index in [1.807, 2.05) is 0 Å². The van der Waals surface area contributed by atoms with Gasteiger partial charge in [-0.25, -0.2) is 0 Å². The van der Waals surface area contributed by atoms with Crippen LogP contribution in [0.3, 0.4) is 0 Å². The molecule has 6 nitrogen and oxygen atoms in total. The normalized spacial score (nSPS) is 23.4. The highest BCUT2D eigenvalue weighted by Crippen LogP contribution is 2.48. The average molecular weight is 417 g/mol. The zero-order valence-electron chi connectivity index (χ0n) is 18.4. The summed E-state index contributed by atoms with van der Waals surface area (Å²) in [5.74, 6) is 0.652. The summed E-state index contributed by atoms with van der Waals surface area (Å²) in [5.41, 5.74) is 2.75. The molecule has 166 valence electrons. The van der Waals surface area contributed by atoms with Crippen LogP contribution in [0.15, 0.2) is 24.3 Å². The second-order valence-electron chi connectivity index (χ2n) is 9.16. The van der Waals surface area contributed by atoms with Gasteiger partial charge in [0.15, 0.2) is 0 Å². The minimum atomic E-state index is -0.250. The Morgan fingerprint density at radius 1 is 1.17 bits per heavy atom. The van der Waals surface area contributed by atoms with Gasteiger partial charge in [-0.15, -0.1) is 0 Å². The highest BCUT2D eigenvalue weighted by Gasteiger charge is 2.50. The number of hydrogen-bond acceptors (Lipinski definition) is 5. The predicted molar refractivity (Wildman–Crippen MR) is 118 cm³/mol. The Balaban J connectivity index is 0.000000806. The lowest BCUT2D eigenvalue weighted by Gasteiger charge is -2.37. The highest BCUT2D eigenvalue weighted by molar-refractivity contribution is 5.79. The van der Waals surface area contributed by atoms with Gasteiger partial charge in [0, 0.05) is 44.8 Å². The molecular weight excluding hydrogens is 380 g/mol. The fourth-order valence-electron chi connectivity index (χ4n) is 5.26. The first-order valence-corrected chi connectivity index (χ1v) is 11.3. The average Bonchev–Trinajstić information content (AvgIpc) is 3.34. The van der Waals surface area contributed by atoms with Crippen LogP contribution in [0.1, 0.15) is 63.9 Å². The molecule has 4 rings (SSSR count). The third-order valence-corrected chi connectivity index (χ3v) is 6.92. The van der Waals surface area contributed by atoms with E-state index in [0.29, 0.717) is 5.92 Å². The largest absolute Gasteiger partial charge is 0.483 e. The quantitative estimate of drug-likeness (QED) is 0.580. The van der Waals surface area contributed by atoms with Gasteiger partial charge >= 0.3 is 5.97 Å². The van der Waals surface area contributed by atoms with E-state index < -0.39 is 0 Å². The summed E-state index contributed by atoms with van der Waals surface area (Å²) in [6, 6.07) is 8.83. The molecule has 30 heavy (non-hydrogen) atoms. The summed E-state index contributed by atoms with van der Waals surface area (Å²) < 4.78 is 5.75. The molecule has 3 aliphatic rings. The molecule has 1 atom stereocenters. The lowest BCUT2D eigenvalue weighted by atomic mass is 9.83. The van der Waals surface area contributed by atoms with Crippen molar-refractivity contribution in [1.82, 2.24) is 4.90 Å². The molecule has 1 aromatic carbocycles. The van der Waals surface area contributed by atoms with Crippen LogP contribution in [0.25, 0.3) is 0 Å². The van der Waals surface area contributed by atoms with Gasteiger partial charge in [0.25, 0.3) is 6.47 Å². The van der Waals surface area contributed by atoms with E-state index in [0.717, 1.165) is 58.4 Å². The van der Waals surface area contributed by atoms with Crippen molar-refractivity contribution in [2.75, 3.05) is 37.6 Å². The molecule has 2 aliphatic heterocycles. The van der Waals surface area contributed by atoms with E-state index in [2.05, 4.69) is 47.9 Å². The number of para-hydroxylation sites is 1. The first-order chi connectivity index (χ1) is 14.5. The Morgan fingerprint density at radius 2 is 1.80 bits per heavy atom. The third kappa shape index (κ3) is 5.15. The number of rotatable bonds is 5. The van der Waals surface area contributed by atoms with Crippen molar-refractivity contribution >= 4 is 18.1 Å². The maximum Gasteiger partial charge on any atom is 0.312 e. The molecule has 6 heteroatoms. The van der Waals surface area contributed by atoms with Gasteiger partial charge in [0.2, 0.25) is 0 Å². The van der Waals surface area contributed by atoms with Crippen LogP contribution in [0.5, 0.6) is 0 Å². The summed E-state index contributed by atoms with van der Waals surface area (Å²) in [6.45, 7) is 9.70. The Hall–Kier alpha value is -2.08. The number of cyclic esters (lactones) is 1. The molecule has 3 fully saturated rings. The lowest BCUT2D eigenvalue weighted by molar-refractivity contribution is -0.148. The van der Waals surface area contributed by atoms with Crippen molar-refractivity contribution in [1.29, 1.82) is 0 Å². The number of benzene rings is 1. The number of ether oxygens (including phenoxy) is 1. The Kier molecular flexibility index (Phi) is 7.75. The van der Waals surface area contributed by atoms with E-state index in [1.54, 1.807) is 0 Å². The van der Waals surface area contributed by atoms with E-state index in [9.17, 15) is 4.79 Å². The first kappa shape index (κ1) is 22.6. The maximum atomic E-state index is 12.3. The maximum absolute atomic E-state index is 12.3. The topological polar surface area (TPSA) is 70.1 Å². The molecule has 1 saturated carbocycles. The van der Waals surface area contributed by atoms with Crippen LogP contribution in [0.2, 0.25) is 0 Å². The fourth-order valence-corrected chi connectivity index (χ4v) is 5.26. The Morgan fingerprint density at radius 3 is 2.43 bits per heavy atom. The van der Waals surface area contributed by atoms with Gasteiger partial charge < -0.3 is 14.7 Å². The molecule has 1 unspecified atom stereocenters. The standard InChI is InChI=1S/C23H34N2O2.CH2O2/c1-18(2)20-7-3-4-8-21(20)25-15-13-24(14-16-25)12-9-19-17-23(22(26)27-19)10-5-6-11-23;2-1-3/h3-4,7-8,18-19H,5-6,9-17H2,1-2H3;1H,(H,2,3). The van der Waals surface area contributed by atoms with Crippen molar-refractivity contribution in [2.45, 2.75) is 64.4 Å². The van der Waals surface area contributed by atoms with Crippen molar-refractivity contribution in [3.8, 4) is 0 Å². The van der Waals surface area contributed by atoms with Crippen molar-refractivity contribution in [2.24, 2.45) is 5.41 Å². The fraction of sp³-hybridized carbons (Fsp3) is 0.667. The Labute approximate surface area is 180 Å². The number of carbonyl (C=O) groups is 2. The Bertz CT molecular complexity index is 707. The minimum absolute atomic E-state index is 0.0973.